The maximum Gasteiger partial charge on any atom is 0.314 e. The van der Waals surface area contributed by atoms with Gasteiger partial charge in [0.1, 0.15) is 0 Å². The molecule has 0 amide bonds. The quantitative estimate of drug-likeness (QED) is 0.520. The molecule has 0 saturated carbocycles. The van der Waals surface area contributed by atoms with Gasteiger partial charge in [-0.15, -0.1) is 0 Å². The number of esters is 2. The van der Waals surface area contributed by atoms with E-state index in [9.17, 15) is 9.59 Å². The van der Waals surface area contributed by atoms with E-state index in [2.05, 4.69) is 6.92 Å². The van der Waals surface area contributed by atoms with E-state index in [1.165, 1.54) is 0 Å². The molecule has 4 heteroatoms. The summed E-state index contributed by atoms with van der Waals surface area (Å²) in [5, 5.41) is 0. The Morgan fingerprint density at radius 1 is 1.20 bits per heavy atom. The van der Waals surface area contributed by atoms with E-state index in [1.807, 2.05) is 0 Å². The van der Waals surface area contributed by atoms with Crippen LogP contribution in [0.4, 0.5) is 0 Å². The van der Waals surface area contributed by atoms with Crippen LogP contribution < -0.4 is 0 Å². The first-order chi connectivity index (χ1) is 6.88. The molecule has 0 bridgehead atoms. The molecule has 0 aliphatic carbocycles. The minimum absolute atomic E-state index is 0.300. The van der Waals surface area contributed by atoms with E-state index >= 15 is 0 Å². The maximum atomic E-state index is 11.2. The smallest absolute Gasteiger partial charge is 0.314 e. The predicted molar refractivity (Wildman–Crippen MR) is 55.7 cm³/mol. The van der Waals surface area contributed by atoms with Gasteiger partial charge in [0.05, 0.1) is 5.41 Å². The summed E-state index contributed by atoms with van der Waals surface area (Å²) in [4.78, 5) is 22.2. The average Bonchev–Trinajstić information content (AvgIpc) is 2.13. The first-order valence-corrected chi connectivity index (χ1v) is 5.00. The molecule has 0 aliphatic heterocycles. The molecule has 15 heavy (non-hydrogen) atoms. The van der Waals surface area contributed by atoms with Crippen LogP contribution in [-0.2, 0) is 19.1 Å². The summed E-state index contributed by atoms with van der Waals surface area (Å²) in [7, 11) is 0. The molecule has 0 spiro atoms. The van der Waals surface area contributed by atoms with Gasteiger partial charge in [-0.2, -0.15) is 0 Å². The highest BCUT2D eigenvalue weighted by Crippen LogP contribution is 2.14. The molecule has 0 N–H and O–H groups in total. The van der Waals surface area contributed by atoms with Crippen molar-refractivity contribution in [3.05, 3.63) is 6.92 Å². The zero-order valence-corrected chi connectivity index (χ0v) is 9.67. The summed E-state index contributed by atoms with van der Waals surface area (Å²) in [6, 6.07) is 0. The van der Waals surface area contributed by atoms with Gasteiger partial charge >= 0.3 is 11.9 Å². The van der Waals surface area contributed by atoms with Crippen molar-refractivity contribution < 1.29 is 19.1 Å². The molecule has 0 heterocycles. The summed E-state index contributed by atoms with van der Waals surface area (Å²) in [6.07, 6.45) is 1.69. The summed E-state index contributed by atoms with van der Waals surface area (Å²) in [5.41, 5.74) is -0.570. The van der Waals surface area contributed by atoms with E-state index in [1.54, 1.807) is 20.8 Å². The normalized spacial score (nSPS) is 10.9. The number of carbonyl (C=O) groups is 2. The summed E-state index contributed by atoms with van der Waals surface area (Å²) < 4.78 is 9.46. The highest BCUT2D eigenvalue weighted by Gasteiger charge is 2.23. The summed E-state index contributed by atoms with van der Waals surface area (Å²) >= 11 is 0. The van der Waals surface area contributed by atoms with Crippen LogP contribution >= 0.6 is 0 Å². The molecular formula is C11H19O4. The number of hydrogen-bond acceptors (Lipinski definition) is 4. The lowest BCUT2D eigenvalue weighted by Crippen LogP contribution is -2.24. The van der Waals surface area contributed by atoms with Crippen molar-refractivity contribution in [3.8, 4) is 0 Å². The molecular weight excluding hydrogens is 196 g/mol. The molecule has 87 valence electrons. The Balaban J connectivity index is 3.62. The Morgan fingerprint density at radius 3 is 2.27 bits per heavy atom. The molecule has 0 aromatic carbocycles. The van der Waals surface area contributed by atoms with E-state index < -0.39 is 5.41 Å². The van der Waals surface area contributed by atoms with Crippen LogP contribution in [0, 0.1) is 12.3 Å². The molecule has 0 aliphatic rings. The predicted octanol–water partition coefficient (Wildman–Crippen LogP) is 2.08. The zero-order chi connectivity index (χ0) is 11.9. The fourth-order valence-electron chi connectivity index (χ4n) is 0.707. The third-order valence-corrected chi connectivity index (χ3v) is 1.65. The Morgan fingerprint density at radius 2 is 1.80 bits per heavy atom. The van der Waals surface area contributed by atoms with Crippen LogP contribution in [0.2, 0.25) is 0 Å². The zero-order valence-electron chi connectivity index (χ0n) is 9.67. The standard InChI is InChI=1S/C11H19O4/c1-5-6-7-9(12)14-8-15-10(13)11(2,3)4/h1,5-8H2,2-4H3. The Kier molecular flexibility index (Phi) is 5.97. The monoisotopic (exact) mass is 215 g/mol. The van der Waals surface area contributed by atoms with Crippen LogP contribution in [0.5, 0.6) is 0 Å². The van der Waals surface area contributed by atoms with Crippen molar-refractivity contribution >= 4 is 11.9 Å². The van der Waals surface area contributed by atoms with E-state index in [0.29, 0.717) is 19.3 Å². The lowest BCUT2D eigenvalue weighted by molar-refractivity contribution is -0.173. The van der Waals surface area contributed by atoms with Crippen molar-refractivity contribution in [3.63, 3.8) is 0 Å². The van der Waals surface area contributed by atoms with Gasteiger partial charge in [-0.25, -0.2) is 0 Å². The van der Waals surface area contributed by atoms with Gasteiger partial charge in [0.15, 0.2) is 0 Å². The number of carbonyl (C=O) groups excluding carboxylic acids is 2. The number of ether oxygens (including phenoxy) is 2. The van der Waals surface area contributed by atoms with Gasteiger partial charge in [0, 0.05) is 6.42 Å². The molecule has 0 saturated heterocycles. The topological polar surface area (TPSA) is 52.6 Å². The van der Waals surface area contributed by atoms with E-state index in [4.69, 9.17) is 9.47 Å². The first kappa shape index (κ1) is 13.9. The number of rotatable bonds is 5. The van der Waals surface area contributed by atoms with Crippen LogP contribution in [0.3, 0.4) is 0 Å². The van der Waals surface area contributed by atoms with Gasteiger partial charge in [-0.1, -0.05) is 13.3 Å². The van der Waals surface area contributed by atoms with Gasteiger partial charge in [-0.3, -0.25) is 9.59 Å². The van der Waals surface area contributed by atoms with Crippen LogP contribution in [0.25, 0.3) is 0 Å². The molecule has 0 rings (SSSR count). The largest absolute Gasteiger partial charge is 0.428 e. The average molecular weight is 215 g/mol. The van der Waals surface area contributed by atoms with Gasteiger partial charge < -0.3 is 9.47 Å². The summed E-state index contributed by atoms with van der Waals surface area (Å²) in [5.74, 6) is -0.743. The molecule has 0 aromatic rings. The maximum absolute atomic E-state index is 11.2. The fraction of sp³-hybridized carbons (Fsp3) is 0.727. The molecule has 0 atom stereocenters. The van der Waals surface area contributed by atoms with Crippen molar-refractivity contribution in [1.29, 1.82) is 0 Å². The molecule has 0 aromatic heterocycles. The second kappa shape index (κ2) is 6.43. The molecule has 0 fully saturated rings. The fourth-order valence-corrected chi connectivity index (χ4v) is 0.707. The van der Waals surface area contributed by atoms with E-state index in [-0.39, 0.29) is 18.7 Å². The van der Waals surface area contributed by atoms with Crippen LogP contribution in [0.15, 0.2) is 0 Å². The van der Waals surface area contributed by atoms with Crippen molar-refractivity contribution in [2.24, 2.45) is 5.41 Å². The first-order valence-electron chi connectivity index (χ1n) is 5.00. The Bertz CT molecular complexity index is 215. The SMILES string of the molecule is [CH2]CCCC(=O)OCOC(=O)C(C)(C)C. The van der Waals surface area contributed by atoms with Crippen molar-refractivity contribution in [1.82, 2.24) is 0 Å². The molecule has 0 unspecified atom stereocenters. The second-order valence-electron chi connectivity index (χ2n) is 4.27. The molecule has 4 nitrogen and oxygen atoms in total. The van der Waals surface area contributed by atoms with E-state index in [0.717, 1.165) is 0 Å². The summed E-state index contributed by atoms with van der Waals surface area (Å²) in [6.45, 7) is 8.51. The lowest BCUT2D eigenvalue weighted by Gasteiger charge is -2.16. The van der Waals surface area contributed by atoms with Gasteiger partial charge in [0.2, 0.25) is 6.79 Å². The van der Waals surface area contributed by atoms with Crippen molar-refractivity contribution in [2.75, 3.05) is 6.79 Å². The minimum Gasteiger partial charge on any atom is -0.428 e. The molecule has 1 radical (unpaired) electrons. The Hall–Kier alpha value is -1.06. The second-order valence-corrected chi connectivity index (χ2v) is 4.27. The van der Waals surface area contributed by atoms with Gasteiger partial charge in [-0.05, 0) is 27.2 Å². The third-order valence-electron chi connectivity index (χ3n) is 1.65. The Labute approximate surface area is 90.9 Å². The number of hydrogen-bond donors (Lipinski definition) is 0. The third kappa shape index (κ3) is 6.94. The highest BCUT2D eigenvalue weighted by atomic mass is 16.7. The van der Waals surface area contributed by atoms with Crippen LogP contribution in [-0.4, -0.2) is 18.7 Å². The minimum atomic E-state index is -0.570. The van der Waals surface area contributed by atoms with Crippen LogP contribution in [0.1, 0.15) is 40.0 Å². The highest BCUT2D eigenvalue weighted by molar-refractivity contribution is 5.75. The number of unbranched alkanes of at least 4 members (excludes halogenated alkanes) is 1. The lowest BCUT2D eigenvalue weighted by atomic mass is 9.98. The van der Waals surface area contributed by atoms with Crippen molar-refractivity contribution in [2.45, 2.75) is 40.0 Å². The van der Waals surface area contributed by atoms with Gasteiger partial charge in [0.25, 0.3) is 0 Å².